The molecule has 2 amide bonds. The molecule has 2 aromatic rings. The van der Waals surface area contributed by atoms with Crippen molar-refractivity contribution in [3.05, 3.63) is 34.5 Å². The van der Waals surface area contributed by atoms with Gasteiger partial charge in [0.2, 0.25) is 5.91 Å². The third-order valence-electron chi connectivity index (χ3n) is 4.39. The summed E-state index contributed by atoms with van der Waals surface area (Å²) in [7, 11) is 0. The number of aliphatic hydroxyl groups is 1. The number of rotatable bonds is 8. The lowest BCUT2D eigenvalue weighted by Crippen LogP contribution is -2.30. The molecule has 1 fully saturated rings. The molecular formula is C17H23N5O3S. The van der Waals surface area contributed by atoms with Crippen molar-refractivity contribution in [1.29, 1.82) is 0 Å². The van der Waals surface area contributed by atoms with Crippen molar-refractivity contribution in [2.75, 3.05) is 19.7 Å². The highest BCUT2D eigenvalue weighted by Gasteiger charge is 2.31. The van der Waals surface area contributed by atoms with Crippen molar-refractivity contribution in [3.63, 3.8) is 0 Å². The number of nitrogens with zero attached hydrogens (tertiary/aromatic N) is 4. The smallest absolute Gasteiger partial charge is 0.261 e. The number of aryl methyl sites for hydroxylation is 1. The van der Waals surface area contributed by atoms with Crippen LogP contribution in [-0.4, -0.2) is 56.3 Å². The van der Waals surface area contributed by atoms with E-state index >= 15 is 0 Å². The molecule has 140 valence electrons. The van der Waals surface area contributed by atoms with E-state index in [0.717, 1.165) is 24.3 Å². The molecule has 26 heavy (non-hydrogen) atoms. The van der Waals surface area contributed by atoms with Gasteiger partial charge in [0.05, 0.1) is 17.5 Å². The minimum Gasteiger partial charge on any atom is -0.396 e. The van der Waals surface area contributed by atoms with E-state index in [1.54, 1.807) is 11.0 Å². The second-order valence-electron chi connectivity index (χ2n) is 6.19. The van der Waals surface area contributed by atoms with Crippen LogP contribution in [0.2, 0.25) is 0 Å². The van der Waals surface area contributed by atoms with Gasteiger partial charge in [0.25, 0.3) is 5.91 Å². The molecule has 8 nitrogen and oxygen atoms in total. The molecule has 3 rings (SSSR count). The first-order valence-corrected chi connectivity index (χ1v) is 9.61. The van der Waals surface area contributed by atoms with Gasteiger partial charge in [-0.1, -0.05) is 0 Å². The molecule has 0 aliphatic carbocycles. The maximum Gasteiger partial charge on any atom is 0.261 e. The first-order chi connectivity index (χ1) is 12.7. The van der Waals surface area contributed by atoms with Crippen LogP contribution in [0.4, 0.5) is 0 Å². The van der Waals surface area contributed by atoms with Gasteiger partial charge in [-0.2, -0.15) is 5.10 Å². The summed E-state index contributed by atoms with van der Waals surface area (Å²) in [5.41, 5.74) is 0. The largest absolute Gasteiger partial charge is 0.396 e. The van der Waals surface area contributed by atoms with E-state index in [1.807, 2.05) is 17.0 Å². The van der Waals surface area contributed by atoms with Crippen LogP contribution in [0.5, 0.6) is 0 Å². The van der Waals surface area contributed by atoms with Gasteiger partial charge in [-0.15, -0.1) is 11.3 Å². The zero-order valence-corrected chi connectivity index (χ0v) is 15.3. The molecule has 0 unspecified atom stereocenters. The van der Waals surface area contributed by atoms with Crippen LogP contribution in [0.3, 0.4) is 0 Å². The lowest BCUT2D eigenvalue weighted by Gasteiger charge is -2.24. The molecule has 2 N–H and O–H groups in total. The van der Waals surface area contributed by atoms with Crippen LogP contribution in [0, 0.1) is 0 Å². The van der Waals surface area contributed by atoms with Gasteiger partial charge in [-0.05, 0) is 31.4 Å². The zero-order chi connectivity index (χ0) is 18.4. The predicted octanol–water partition coefficient (Wildman–Crippen LogP) is 1.21. The molecule has 2 aromatic heterocycles. The summed E-state index contributed by atoms with van der Waals surface area (Å²) < 4.78 is 1.66. The SMILES string of the molecule is O=C(NCCCO)c1ccc([C@@H]2CCCN2C(=O)CCn2cncn2)s1. The van der Waals surface area contributed by atoms with E-state index in [0.29, 0.717) is 30.8 Å². The molecule has 1 aliphatic rings. The molecule has 1 aliphatic heterocycles. The first-order valence-electron chi connectivity index (χ1n) is 8.79. The van der Waals surface area contributed by atoms with Gasteiger partial charge in [0.15, 0.2) is 0 Å². The van der Waals surface area contributed by atoms with Crippen molar-refractivity contribution in [1.82, 2.24) is 25.0 Å². The predicted molar refractivity (Wildman–Crippen MR) is 96.7 cm³/mol. The van der Waals surface area contributed by atoms with E-state index in [-0.39, 0.29) is 24.5 Å². The van der Waals surface area contributed by atoms with Gasteiger partial charge in [0, 0.05) is 31.0 Å². The Balaban J connectivity index is 1.59. The number of nitrogens with one attached hydrogen (secondary N) is 1. The number of amides is 2. The number of carbonyl (C=O) groups excluding carboxylic acids is 2. The maximum atomic E-state index is 12.6. The summed E-state index contributed by atoms with van der Waals surface area (Å²) in [5.74, 6) is -0.0258. The average molecular weight is 377 g/mol. The summed E-state index contributed by atoms with van der Waals surface area (Å²) in [6.45, 7) is 1.78. The van der Waals surface area contributed by atoms with E-state index in [1.165, 1.54) is 17.7 Å². The van der Waals surface area contributed by atoms with Crippen LogP contribution in [-0.2, 0) is 11.3 Å². The topological polar surface area (TPSA) is 100 Å². The molecule has 0 spiro atoms. The van der Waals surface area contributed by atoms with Crippen LogP contribution in [0.15, 0.2) is 24.8 Å². The monoisotopic (exact) mass is 377 g/mol. The Morgan fingerprint density at radius 2 is 2.27 bits per heavy atom. The Morgan fingerprint density at radius 3 is 3.04 bits per heavy atom. The van der Waals surface area contributed by atoms with E-state index in [2.05, 4.69) is 15.4 Å². The molecular weight excluding hydrogens is 354 g/mol. The van der Waals surface area contributed by atoms with Crippen LogP contribution < -0.4 is 5.32 Å². The normalized spacial score (nSPS) is 16.8. The fourth-order valence-electron chi connectivity index (χ4n) is 3.09. The van der Waals surface area contributed by atoms with E-state index < -0.39 is 0 Å². The molecule has 9 heteroatoms. The summed E-state index contributed by atoms with van der Waals surface area (Å²) in [4.78, 5) is 32.2. The number of carbonyl (C=O) groups is 2. The lowest BCUT2D eigenvalue weighted by atomic mass is 10.2. The number of likely N-dealkylation sites (tertiary alicyclic amines) is 1. The minimum atomic E-state index is -0.128. The molecule has 3 heterocycles. The quantitative estimate of drug-likeness (QED) is 0.674. The highest BCUT2D eigenvalue weighted by atomic mass is 32.1. The number of hydrogen-bond acceptors (Lipinski definition) is 6. The van der Waals surface area contributed by atoms with Crippen molar-refractivity contribution in [3.8, 4) is 0 Å². The van der Waals surface area contributed by atoms with Crippen LogP contribution in [0.25, 0.3) is 0 Å². The molecule has 0 radical (unpaired) electrons. The van der Waals surface area contributed by atoms with Crippen LogP contribution in [0.1, 0.15) is 46.3 Å². The van der Waals surface area contributed by atoms with Gasteiger partial charge in [-0.3, -0.25) is 14.3 Å². The van der Waals surface area contributed by atoms with E-state index in [4.69, 9.17) is 5.11 Å². The highest BCUT2D eigenvalue weighted by Crippen LogP contribution is 2.36. The maximum absolute atomic E-state index is 12.6. The Morgan fingerprint density at radius 1 is 1.38 bits per heavy atom. The molecule has 0 saturated carbocycles. The fourth-order valence-corrected chi connectivity index (χ4v) is 4.16. The second-order valence-corrected chi connectivity index (χ2v) is 7.30. The van der Waals surface area contributed by atoms with E-state index in [9.17, 15) is 9.59 Å². The number of aliphatic hydroxyl groups excluding tert-OH is 1. The molecule has 1 saturated heterocycles. The van der Waals surface area contributed by atoms with Gasteiger partial charge >= 0.3 is 0 Å². The van der Waals surface area contributed by atoms with Gasteiger partial charge < -0.3 is 15.3 Å². The lowest BCUT2D eigenvalue weighted by molar-refractivity contribution is -0.132. The third kappa shape index (κ3) is 4.47. The zero-order valence-electron chi connectivity index (χ0n) is 14.5. The highest BCUT2D eigenvalue weighted by molar-refractivity contribution is 7.14. The standard InChI is InChI=1S/C17H23N5O3S/c23-10-2-7-19-17(25)15-5-4-14(26-15)13-3-1-8-22(13)16(24)6-9-21-12-18-11-20-21/h4-5,11-13,23H,1-3,6-10H2,(H,19,25)/t13-/m0/s1. The third-order valence-corrected chi connectivity index (χ3v) is 5.58. The Bertz CT molecular complexity index is 731. The summed E-state index contributed by atoms with van der Waals surface area (Å²) in [6, 6.07) is 3.80. The molecule has 1 atom stereocenters. The van der Waals surface area contributed by atoms with Crippen LogP contribution >= 0.6 is 11.3 Å². The fraction of sp³-hybridized carbons (Fsp3) is 0.529. The summed E-state index contributed by atoms with van der Waals surface area (Å²) >= 11 is 1.44. The molecule has 0 aromatic carbocycles. The first kappa shape index (κ1) is 18.5. The van der Waals surface area contributed by atoms with Gasteiger partial charge in [-0.25, -0.2) is 4.98 Å². The molecule has 0 bridgehead atoms. The number of thiophene rings is 1. The minimum absolute atomic E-state index is 0.0437. The number of hydrogen-bond donors (Lipinski definition) is 2. The Kier molecular flexibility index (Phi) is 6.35. The van der Waals surface area contributed by atoms with Gasteiger partial charge in [0.1, 0.15) is 12.7 Å². The van der Waals surface area contributed by atoms with Crippen molar-refractivity contribution in [2.45, 2.75) is 38.3 Å². The Hall–Kier alpha value is -2.26. The van der Waals surface area contributed by atoms with Crippen molar-refractivity contribution in [2.24, 2.45) is 0 Å². The second kappa shape index (κ2) is 8.91. The summed E-state index contributed by atoms with van der Waals surface area (Å²) in [6.07, 6.45) is 5.88. The number of aromatic nitrogens is 3. The Labute approximate surface area is 155 Å². The summed E-state index contributed by atoms with van der Waals surface area (Å²) in [5, 5.41) is 15.6. The van der Waals surface area contributed by atoms with Crippen molar-refractivity contribution >= 4 is 23.2 Å². The van der Waals surface area contributed by atoms with Crippen molar-refractivity contribution < 1.29 is 14.7 Å². The average Bonchev–Trinajstić information content (AvgIpc) is 3.40.